The van der Waals surface area contributed by atoms with Crippen molar-refractivity contribution in [1.29, 1.82) is 0 Å². The Morgan fingerprint density at radius 3 is 2.50 bits per heavy atom. The zero-order valence-electron chi connectivity index (χ0n) is 10.5. The lowest BCUT2D eigenvalue weighted by Gasteiger charge is -2.05. The SMILES string of the molecule is CC.CNc1ccc(NCCCCO)nc1. The zero-order valence-corrected chi connectivity index (χ0v) is 10.5. The molecule has 3 N–H and O–H groups in total. The van der Waals surface area contributed by atoms with Crippen molar-refractivity contribution < 1.29 is 5.11 Å². The Hall–Kier alpha value is -1.29. The molecule has 1 aromatic rings. The monoisotopic (exact) mass is 225 g/mol. The molecular weight excluding hydrogens is 202 g/mol. The second-order valence-electron chi connectivity index (χ2n) is 3.04. The maximum absolute atomic E-state index is 8.58. The molecule has 1 rings (SSSR count). The van der Waals surface area contributed by atoms with Gasteiger partial charge in [0, 0.05) is 20.2 Å². The molecule has 4 nitrogen and oxygen atoms in total. The van der Waals surface area contributed by atoms with E-state index in [0.717, 1.165) is 30.9 Å². The molecule has 0 saturated carbocycles. The molecule has 0 radical (unpaired) electrons. The average Bonchev–Trinajstić information content (AvgIpc) is 2.38. The summed E-state index contributed by atoms with van der Waals surface area (Å²) in [6.45, 7) is 5.11. The van der Waals surface area contributed by atoms with Crippen molar-refractivity contribution in [2.24, 2.45) is 0 Å². The van der Waals surface area contributed by atoms with Crippen LogP contribution in [0.3, 0.4) is 0 Å². The van der Waals surface area contributed by atoms with Gasteiger partial charge in [0.05, 0.1) is 11.9 Å². The van der Waals surface area contributed by atoms with E-state index in [-0.39, 0.29) is 6.61 Å². The number of aliphatic hydroxyl groups excluding tert-OH is 1. The van der Waals surface area contributed by atoms with E-state index in [9.17, 15) is 0 Å². The first-order valence-corrected chi connectivity index (χ1v) is 5.85. The average molecular weight is 225 g/mol. The Kier molecular flexibility index (Phi) is 9.41. The third kappa shape index (κ3) is 6.24. The van der Waals surface area contributed by atoms with Crippen molar-refractivity contribution in [3.8, 4) is 0 Å². The standard InChI is InChI=1S/C10H17N3O.C2H6/c1-11-9-4-5-10(13-8-9)12-6-2-3-7-14;1-2/h4-5,8,11,14H,2-3,6-7H2,1H3,(H,12,13);1-2H3. The van der Waals surface area contributed by atoms with E-state index in [1.807, 2.05) is 33.0 Å². The quantitative estimate of drug-likeness (QED) is 0.650. The van der Waals surface area contributed by atoms with E-state index < -0.39 is 0 Å². The Balaban J connectivity index is 0.00000106. The van der Waals surface area contributed by atoms with E-state index in [1.165, 1.54) is 0 Å². The molecule has 4 heteroatoms. The molecule has 0 fully saturated rings. The minimum absolute atomic E-state index is 0.258. The van der Waals surface area contributed by atoms with E-state index in [1.54, 1.807) is 6.20 Å². The van der Waals surface area contributed by atoms with Crippen LogP contribution in [0.25, 0.3) is 0 Å². The second-order valence-corrected chi connectivity index (χ2v) is 3.04. The summed E-state index contributed by atoms with van der Waals surface area (Å²) in [6, 6.07) is 3.91. The fraction of sp³-hybridized carbons (Fsp3) is 0.583. The van der Waals surface area contributed by atoms with Gasteiger partial charge in [0.2, 0.25) is 0 Å². The lowest BCUT2D eigenvalue weighted by atomic mass is 10.3. The maximum Gasteiger partial charge on any atom is 0.126 e. The minimum Gasteiger partial charge on any atom is -0.396 e. The van der Waals surface area contributed by atoms with Crippen LogP contribution in [0.15, 0.2) is 18.3 Å². The first-order chi connectivity index (χ1) is 7.86. The van der Waals surface area contributed by atoms with Gasteiger partial charge in [-0.05, 0) is 25.0 Å². The lowest BCUT2D eigenvalue weighted by Crippen LogP contribution is -2.04. The number of unbranched alkanes of at least 4 members (excludes halogenated alkanes) is 1. The molecule has 0 amide bonds. The van der Waals surface area contributed by atoms with Gasteiger partial charge in [-0.25, -0.2) is 4.98 Å². The van der Waals surface area contributed by atoms with Crippen molar-refractivity contribution in [2.75, 3.05) is 30.8 Å². The predicted octanol–water partition coefficient (Wildman–Crippen LogP) is 2.33. The third-order valence-electron chi connectivity index (χ3n) is 1.94. The van der Waals surface area contributed by atoms with Gasteiger partial charge in [-0.2, -0.15) is 0 Å². The molecule has 0 aliphatic heterocycles. The summed E-state index contributed by atoms with van der Waals surface area (Å²) < 4.78 is 0. The van der Waals surface area contributed by atoms with Gasteiger partial charge in [-0.15, -0.1) is 0 Å². The van der Waals surface area contributed by atoms with Crippen LogP contribution < -0.4 is 10.6 Å². The van der Waals surface area contributed by atoms with Gasteiger partial charge in [-0.1, -0.05) is 13.8 Å². The van der Waals surface area contributed by atoms with Crippen molar-refractivity contribution in [3.05, 3.63) is 18.3 Å². The van der Waals surface area contributed by atoms with Gasteiger partial charge < -0.3 is 15.7 Å². The van der Waals surface area contributed by atoms with Crippen LogP contribution in [-0.4, -0.2) is 30.3 Å². The van der Waals surface area contributed by atoms with E-state index in [4.69, 9.17) is 5.11 Å². The molecule has 0 aliphatic rings. The number of aliphatic hydroxyl groups is 1. The molecule has 16 heavy (non-hydrogen) atoms. The number of aromatic nitrogens is 1. The summed E-state index contributed by atoms with van der Waals surface area (Å²) in [4.78, 5) is 4.21. The van der Waals surface area contributed by atoms with E-state index in [0.29, 0.717) is 0 Å². The van der Waals surface area contributed by atoms with Crippen LogP contribution in [0.4, 0.5) is 11.5 Å². The van der Waals surface area contributed by atoms with Crippen LogP contribution in [0, 0.1) is 0 Å². The van der Waals surface area contributed by atoms with Crippen LogP contribution in [0.1, 0.15) is 26.7 Å². The molecule has 1 aromatic heterocycles. The number of hydrogen-bond acceptors (Lipinski definition) is 4. The highest BCUT2D eigenvalue weighted by atomic mass is 16.2. The predicted molar refractivity (Wildman–Crippen MR) is 69.9 cm³/mol. The molecule has 0 aliphatic carbocycles. The minimum atomic E-state index is 0.258. The fourth-order valence-corrected chi connectivity index (χ4v) is 1.10. The lowest BCUT2D eigenvalue weighted by molar-refractivity contribution is 0.286. The van der Waals surface area contributed by atoms with E-state index >= 15 is 0 Å². The molecule has 0 aromatic carbocycles. The highest BCUT2D eigenvalue weighted by Crippen LogP contribution is 2.08. The molecule has 0 unspecified atom stereocenters. The summed E-state index contributed by atoms with van der Waals surface area (Å²) >= 11 is 0. The summed E-state index contributed by atoms with van der Waals surface area (Å²) in [5, 5.41) is 14.8. The van der Waals surface area contributed by atoms with Crippen molar-refractivity contribution >= 4 is 11.5 Å². The number of rotatable bonds is 6. The maximum atomic E-state index is 8.58. The molecule has 0 saturated heterocycles. The number of nitrogens with zero attached hydrogens (tertiary/aromatic N) is 1. The van der Waals surface area contributed by atoms with Crippen LogP contribution in [0.5, 0.6) is 0 Å². The molecule has 0 bridgehead atoms. The first-order valence-electron chi connectivity index (χ1n) is 5.85. The fourth-order valence-electron chi connectivity index (χ4n) is 1.10. The largest absolute Gasteiger partial charge is 0.396 e. The highest BCUT2D eigenvalue weighted by molar-refractivity contribution is 5.46. The molecule has 0 atom stereocenters. The van der Waals surface area contributed by atoms with Crippen LogP contribution in [-0.2, 0) is 0 Å². The van der Waals surface area contributed by atoms with Gasteiger partial charge >= 0.3 is 0 Å². The van der Waals surface area contributed by atoms with Gasteiger partial charge in [-0.3, -0.25) is 0 Å². The molecule has 0 spiro atoms. The van der Waals surface area contributed by atoms with Crippen molar-refractivity contribution in [2.45, 2.75) is 26.7 Å². The molecular formula is C12H23N3O. The summed E-state index contributed by atoms with van der Waals surface area (Å²) in [6.07, 6.45) is 3.59. The summed E-state index contributed by atoms with van der Waals surface area (Å²) in [7, 11) is 1.87. The van der Waals surface area contributed by atoms with Gasteiger partial charge in [0.25, 0.3) is 0 Å². The highest BCUT2D eigenvalue weighted by Gasteiger charge is 1.93. The molecule has 1 heterocycles. The van der Waals surface area contributed by atoms with Gasteiger partial charge in [0.1, 0.15) is 5.82 Å². The third-order valence-corrected chi connectivity index (χ3v) is 1.94. The summed E-state index contributed by atoms with van der Waals surface area (Å²) in [5.41, 5.74) is 1.01. The molecule has 92 valence electrons. The zero-order chi connectivity index (χ0) is 12.2. The number of hydrogen-bond donors (Lipinski definition) is 3. The van der Waals surface area contributed by atoms with Crippen molar-refractivity contribution in [3.63, 3.8) is 0 Å². The normalized spacial score (nSPS) is 9.00. The number of anilines is 2. The Bertz CT molecular complexity index is 249. The Labute approximate surface area is 98.1 Å². The Morgan fingerprint density at radius 2 is 2.00 bits per heavy atom. The van der Waals surface area contributed by atoms with Crippen molar-refractivity contribution in [1.82, 2.24) is 4.98 Å². The van der Waals surface area contributed by atoms with Crippen LogP contribution >= 0.6 is 0 Å². The van der Waals surface area contributed by atoms with Crippen LogP contribution in [0.2, 0.25) is 0 Å². The Morgan fingerprint density at radius 1 is 1.25 bits per heavy atom. The number of pyridine rings is 1. The van der Waals surface area contributed by atoms with Gasteiger partial charge in [0.15, 0.2) is 0 Å². The van der Waals surface area contributed by atoms with E-state index in [2.05, 4.69) is 15.6 Å². The topological polar surface area (TPSA) is 57.2 Å². The smallest absolute Gasteiger partial charge is 0.126 e. The summed E-state index contributed by atoms with van der Waals surface area (Å²) in [5.74, 6) is 0.877. The number of nitrogens with one attached hydrogen (secondary N) is 2. The second kappa shape index (κ2) is 10.2. The first kappa shape index (κ1) is 14.7.